The van der Waals surface area contributed by atoms with Crippen molar-refractivity contribution in [1.82, 2.24) is 5.32 Å². The van der Waals surface area contributed by atoms with Crippen molar-refractivity contribution in [3.63, 3.8) is 0 Å². The van der Waals surface area contributed by atoms with E-state index < -0.39 is 0 Å². The number of rotatable bonds is 5. The topological polar surface area (TPSA) is 12.0 Å². The lowest BCUT2D eigenvalue weighted by molar-refractivity contribution is 0.277. The maximum atomic E-state index is 3.55. The molecule has 1 aliphatic carbocycles. The van der Waals surface area contributed by atoms with Gasteiger partial charge < -0.3 is 5.32 Å². The lowest BCUT2D eigenvalue weighted by atomic mass is 9.81. The minimum Gasteiger partial charge on any atom is -0.316 e. The number of aryl methyl sites for hydroxylation is 1. The van der Waals surface area contributed by atoms with Gasteiger partial charge in [0.05, 0.1) is 0 Å². The summed E-state index contributed by atoms with van der Waals surface area (Å²) in [4.78, 5) is 0. The largest absolute Gasteiger partial charge is 0.316 e. The molecule has 0 amide bonds. The number of likely N-dealkylation sites (N-methyl/N-ethyl adjacent to an activating group) is 1. The standard InChI is InChI=1S/C17H27N/c1-3-14-9-11-15(12-10-14)13-17(18-2)16-7-5-4-6-8-16/h9-12,16-18H,3-8,13H2,1-2H3. The molecule has 1 atom stereocenters. The zero-order valence-corrected chi connectivity index (χ0v) is 11.9. The molecule has 100 valence electrons. The molecule has 0 heterocycles. The molecule has 0 aromatic heterocycles. The molecule has 0 spiro atoms. The smallest absolute Gasteiger partial charge is 0.0133 e. The van der Waals surface area contributed by atoms with Gasteiger partial charge in [-0.05, 0) is 49.8 Å². The molecule has 1 fully saturated rings. The van der Waals surface area contributed by atoms with Crippen LogP contribution in [0.25, 0.3) is 0 Å². The maximum Gasteiger partial charge on any atom is 0.0133 e. The average molecular weight is 245 g/mol. The Labute approximate surface area is 112 Å². The minimum atomic E-state index is 0.665. The molecule has 1 unspecified atom stereocenters. The van der Waals surface area contributed by atoms with Crippen LogP contribution in [0.4, 0.5) is 0 Å². The van der Waals surface area contributed by atoms with E-state index in [-0.39, 0.29) is 0 Å². The summed E-state index contributed by atoms with van der Waals surface area (Å²) in [5.74, 6) is 0.884. The summed E-state index contributed by atoms with van der Waals surface area (Å²) in [5, 5.41) is 3.55. The van der Waals surface area contributed by atoms with Crippen LogP contribution in [0.5, 0.6) is 0 Å². The molecular formula is C17H27N. The van der Waals surface area contributed by atoms with Crippen LogP contribution >= 0.6 is 0 Å². The highest BCUT2D eigenvalue weighted by atomic mass is 14.9. The Bertz CT molecular complexity index is 335. The third kappa shape index (κ3) is 3.58. The average Bonchev–Trinajstić information content (AvgIpc) is 2.46. The second-order valence-corrected chi connectivity index (χ2v) is 5.67. The van der Waals surface area contributed by atoms with E-state index in [0.29, 0.717) is 6.04 Å². The fourth-order valence-corrected chi connectivity index (χ4v) is 3.21. The van der Waals surface area contributed by atoms with E-state index in [0.717, 1.165) is 12.3 Å². The fraction of sp³-hybridized carbons (Fsp3) is 0.647. The Morgan fingerprint density at radius 3 is 2.22 bits per heavy atom. The number of hydrogen-bond acceptors (Lipinski definition) is 1. The molecule has 0 aliphatic heterocycles. The molecule has 1 nitrogen and oxygen atoms in total. The second kappa shape index (κ2) is 6.94. The summed E-state index contributed by atoms with van der Waals surface area (Å²) in [6.07, 6.45) is 9.45. The summed E-state index contributed by atoms with van der Waals surface area (Å²) in [6, 6.07) is 9.85. The molecule has 1 heteroatoms. The van der Waals surface area contributed by atoms with Crippen LogP contribution in [0.1, 0.15) is 50.2 Å². The summed E-state index contributed by atoms with van der Waals surface area (Å²) in [7, 11) is 2.12. The predicted molar refractivity (Wildman–Crippen MR) is 78.9 cm³/mol. The van der Waals surface area contributed by atoms with Crippen LogP contribution in [0.2, 0.25) is 0 Å². The van der Waals surface area contributed by atoms with Gasteiger partial charge in [0.25, 0.3) is 0 Å². The van der Waals surface area contributed by atoms with Gasteiger partial charge in [0.1, 0.15) is 0 Å². The van der Waals surface area contributed by atoms with E-state index >= 15 is 0 Å². The van der Waals surface area contributed by atoms with Gasteiger partial charge in [-0.15, -0.1) is 0 Å². The molecule has 1 N–H and O–H groups in total. The normalized spacial score (nSPS) is 18.8. The Hall–Kier alpha value is -0.820. The zero-order valence-electron chi connectivity index (χ0n) is 11.9. The van der Waals surface area contributed by atoms with Crippen molar-refractivity contribution in [2.75, 3.05) is 7.05 Å². The van der Waals surface area contributed by atoms with Gasteiger partial charge in [-0.1, -0.05) is 50.5 Å². The van der Waals surface area contributed by atoms with Crippen LogP contribution in [0.3, 0.4) is 0 Å². The summed E-state index contributed by atoms with van der Waals surface area (Å²) >= 11 is 0. The minimum absolute atomic E-state index is 0.665. The first-order valence-electron chi connectivity index (χ1n) is 7.58. The lowest BCUT2D eigenvalue weighted by Crippen LogP contribution is -2.36. The molecule has 1 saturated carbocycles. The molecule has 0 saturated heterocycles. The van der Waals surface area contributed by atoms with Crippen molar-refractivity contribution >= 4 is 0 Å². The zero-order chi connectivity index (χ0) is 12.8. The fourth-order valence-electron chi connectivity index (χ4n) is 3.21. The quantitative estimate of drug-likeness (QED) is 0.828. The van der Waals surface area contributed by atoms with Crippen molar-refractivity contribution in [3.8, 4) is 0 Å². The van der Waals surface area contributed by atoms with Crippen LogP contribution in [0, 0.1) is 5.92 Å². The molecule has 18 heavy (non-hydrogen) atoms. The molecule has 1 aromatic carbocycles. The van der Waals surface area contributed by atoms with Crippen molar-refractivity contribution in [2.24, 2.45) is 5.92 Å². The van der Waals surface area contributed by atoms with Gasteiger partial charge in [0.15, 0.2) is 0 Å². The van der Waals surface area contributed by atoms with Gasteiger partial charge in [-0.3, -0.25) is 0 Å². The van der Waals surface area contributed by atoms with Crippen molar-refractivity contribution < 1.29 is 0 Å². The van der Waals surface area contributed by atoms with Crippen molar-refractivity contribution in [1.29, 1.82) is 0 Å². The van der Waals surface area contributed by atoms with E-state index in [2.05, 4.69) is 43.6 Å². The monoisotopic (exact) mass is 245 g/mol. The van der Waals surface area contributed by atoms with E-state index in [1.54, 1.807) is 0 Å². The highest BCUT2D eigenvalue weighted by Gasteiger charge is 2.22. The Balaban J connectivity index is 1.95. The van der Waals surface area contributed by atoms with Crippen LogP contribution in [0.15, 0.2) is 24.3 Å². The number of nitrogens with one attached hydrogen (secondary N) is 1. The molecule has 0 radical (unpaired) electrons. The first kappa shape index (κ1) is 13.6. The lowest BCUT2D eigenvalue weighted by Gasteiger charge is -2.30. The third-order valence-corrected chi connectivity index (χ3v) is 4.48. The summed E-state index contributed by atoms with van der Waals surface area (Å²) in [6.45, 7) is 2.22. The predicted octanol–water partition coefficient (Wildman–Crippen LogP) is 3.96. The summed E-state index contributed by atoms with van der Waals surface area (Å²) in [5.41, 5.74) is 2.93. The molecule has 1 aliphatic rings. The van der Waals surface area contributed by atoms with Crippen molar-refractivity contribution in [3.05, 3.63) is 35.4 Å². The molecule has 0 bridgehead atoms. The van der Waals surface area contributed by atoms with Crippen molar-refractivity contribution in [2.45, 2.75) is 57.9 Å². The van der Waals surface area contributed by atoms with Gasteiger partial charge in [-0.25, -0.2) is 0 Å². The Kier molecular flexibility index (Phi) is 5.25. The number of benzene rings is 1. The SMILES string of the molecule is CCc1ccc(CC(NC)C2CCCCC2)cc1. The second-order valence-electron chi connectivity index (χ2n) is 5.67. The highest BCUT2D eigenvalue weighted by Crippen LogP contribution is 2.27. The van der Waals surface area contributed by atoms with E-state index in [9.17, 15) is 0 Å². The number of hydrogen-bond donors (Lipinski definition) is 1. The Morgan fingerprint density at radius 1 is 1.06 bits per heavy atom. The van der Waals surface area contributed by atoms with E-state index in [1.165, 1.54) is 49.7 Å². The van der Waals surface area contributed by atoms with Gasteiger partial charge in [0, 0.05) is 6.04 Å². The Morgan fingerprint density at radius 2 is 1.67 bits per heavy atom. The van der Waals surface area contributed by atoms with Gasteiger partial charge in [-0.2, -0.15) is 0 Å². The van der Waals surface area contributed by atoms with E-state index in [1.807, 2.05) is 0 Å². The van der Waals surface area contributed by atoms with E-state index in [4.69, 9.17) is 0 Å². The highest BCUT2D eigenvalue weighted by molar-refractivity contribution is 5.23. The molecule has 1 aromatic rings. The molecular weight excluding hydrogens is 218 g/mol. The summed E-state index contributed by atoms with van der Waals surface area (Å²) < 4.78 is 0. The van der Waals surface area contributed by atoms with Crippen LogP contribution < -0.4 is 5.32 Å². The molecule has 2 rings (SSSR count). The first-order valence-corrected chi connectivity index (χ1v) is 7.58. The first-order chi connectivity index (χ1) is 8.83. The third-order valence-electron chi connectivity index (χ3n) is 4.48. The van der Waals surface area contributed by atoms with Gasteiger partial charge >= 0.3 is 0 Å². The van der Waals surface area contributed by atoms with Crippen LogP contribution in [-0.4, -0.2) is 13.1 Å². The maximum absolute atomic E-state index is 3.55. The van der Waals surface area contributed by atoms with Gasteiger partial charge in [0.2, 0.25) is 0 Å². The van der Waals surface area contributed by atoms with Crippen LogP contribution in [-0.2, 0) is 12.8 Å².